The van der Waals surface area contributed by atoms with Crippen molar-refractivity contribution in [3.05, 3.63) is 66.2 Å². The van der Waals surface area contributed by atoms with Gasteiger partial charge in [-0.25, -0.2) is 0 Å². The van der Waals surface area contributed by atoms with Crippen molar-refractivity contribution in [1.29, 1.82) is 0 Å². The number of rotatable bonds is 4. The maximum Gasteiger partial charge on any atom is 0.308 e. The van der Waals surface area contributed by atoms with Crippen molar-refractivity contribution in [2.45, 2.75) is 12.5 Å². The van der Waals surface area contributed by atoms with E-state index in [0.29, 0.717) is 6.54 Å². The second-order valence-electron chi connectivity index (χ2n) is 6.32. The normalized spacial score (nSPS) is 21.3. The Labute approximate surface area is 139 Å². The van der Waals surface area contributed by atoms with Gasteiger partial charge in [0.2, 0.25) is 0 Å². The molecule has 3 aromatic rings. The molecule has 2 aromatic heterocycles. The Morgan fingerprint density at radius 3 is 2.83 bits per heavy atom. The maximum atomic E-state index is 11.7. The van der Waals surface area contributed by atoms with E-state index in [4.69, 9.17) is 4.42 Å². The van der Waals surface area contributed by atoms with Gasteiger partial charge in [-0.2, -0.15) is 0 Å². The number of pyridine rings is 1. The van der Waals surface area contributed by atoms with Crippen LogP contribution in [0.2, 0.25) is 0 Å². The molecule has 0 unspecified atom stereocenters. The molecule has 2 atom stereocenters. The Hall–Kier alpha value is -2.66. The van der Waals surface area contributed by atoms with Crippen molar-refractivity contribution in [2.24, 2.45) is 5.92 Å². The average molecular weight is 322 g/mol. The fourth-order valence-electron chi connectivity index (χ4n) is 3.59. The second-order valence-corrected chi connectivity index (χ2v) is 6.32. The summed E-state index contributed by atoms with van der Waals surface area (Å²) in [6.07, 6.45) is 5.14. The number of carboxylic acids is 1. The van der Waals surface area contributed by atoms with Crippen LogP contribution in [-0.2, 0) is 11.3 Å². The van der Waals surface area contributed by atoms with Gasteiger partial charge in [0.1, 0.15) is 5.58 Å². The fourth-order valence-corrected chi connectivity index (χ4v) is 3.59. The lowest BCUT2D eigenvalue weighted by molar-refractivity contribution is -0.141. The fraction of sp³-hybridized carbons (Fsp3) is 0.263. The summed E-state index contributed by atoms with van der Waals surface area (Å²) in [5.74, 6) is -1.11. The molecule has 1 aliphatic rings. The van der Waals surface area contributed by atoms with Gasteiger partial charge >= 0.3 is 5.97 Å². The number of carboxylic acid groups (broad SMARTS) is 1. The molecule has 0 radical (unpaired) electrons. The number of fused-ring (bicyclic) bond motifs is 1. The molecule has 1 saturated heterocycles. The number of likely N-dealkylation sites (tertiary alicyclic amines) is 1. The molecule has 5 nitrogen and oxygen atoms in total. The smallest absolute Gasteiger partial charge is 0.308 e. The minimum atomic E-state index is -0.732. The number of benzene rings is 1. The van der Waals surface area contributed by atoms with E-state index in [1.165, 1.54) is 5.56 Å². The SMILES string of the molecule is O=C(O)[C@@H]1CN(Cc2ccc3occc3c2)C[C@H]1c1ccncc1. The van der Waals surface area contributed by atoms with Crippen molar-refractivity contribution in [3.8, 4) is 0 Å². The van der Waals surface area contributed by atoms with Crippen LogP contribution in [0.1, 0.15) is 17.0 Å². The standard InChI is InChI=1S/C19H18N2O3/c22-19(23)17-12-21(11-16(17)14-3-6-20-7-4-14)10-13-1-2-18-15(9-13)5-8-24-18/h1-9,16-17H,10-12H2,(H,22,23)/t16-,17+/m0/s1. The van der Waals surface area contributed by atoms with Crippen LogP contribution in [0, 0.1) is 5.92 Å². The first-order chi connectivity index (χ1) is 11.7. The second kappa shape index (κ2) is 6.09. The summed E-state index contributed by atoms with van der Waals surface area (Å²) in [6, 6.07) is 11.9. The Morgan fingerprint density at radius 2 is 2.04 bits per heavy atom. The average Bonchev–Trinajstić information content (AvgIpc) is 3.22. The quantitative estimate of drug-likeness (QED) is 0.799. The predicted octanol–water partition coefficient (Wildman–Crippen LogP) is 3.13. The molecule has 5 heteroatoms. The van der Waals surface area contributed by atoms with Crippen LogP contribution in [0.25, 0.3) is 11.0 Å². The third kappa shape index (κ3) is 2.78. The predicted molar refractivity (Wildman–Crippen MR) is 89.6 cm³/mol. The van der Waals surface area contributed by atoms with Gasteiger partial charge in [0, 0.05) is 43.3 Å². The van der Waals surface area contributed by atoms with E-state index in [0.717, 1.165) is 29.6 Å². The maximum absolute atomic E-state index is 11.7. The Kier molecular flexibility index (Phi) is 3.78. The van der Waals surface area contributed by atoms with E-state index in [-0.39, 0.29) is 11.8 Å². The van der Waals surface area contributed by atoms with E-state index < -0.39 is 5.97 Å². The summed E-state index contributed by atoms with van der Waals surface area (Å²) in [5, 5.41) is 10.7. The first kappa shape index (κ1) is 14.9. The van der Waals surface area contributed by atoms with Crippen molar-refractivity contribution >= 4 is 16.9 Å². The number of hydrogen-bond acceptors (Lipinski definition) is 4. The number of aliphatic carboxylic acids is 1. The van der Waals surface area contributed by atoms with Crippen LogP contribution in [0.5, 0.6) is 0 Å². The van der Waals surface area contributed by atoms with Crippen LogP contribution in [0.4, 0.5) is 0 Å². The highest BCUT2D eigenvalue weighted by Crippen LogP contribution is 2.33. The van der Waals surface area contributed by atoms with Gasteiger partial charge in [0.25, 0.3) is 0 Å². The zero-order chi connectivity index (χ0) is 16.5. The van der Waals surface area contributed by atoms with Gasteiger partial charge < -0.3 is 9.52 Å². The van der Waals surface area contributed by atoms with Gasteiger partial charge in [-0.05, 0) is 41.5 Å². The summed E-state index contributed by atoms with van der Waals surface area (Å²) in [5.41, 5.74) is 3.09. The molecule has 0 saturated carbocycles. The molecule has 0 spiro atoms. The lowest BCUT2D eigenvalue weighted by Gasteiger charge is -2.16. The molecule has 0 amide bonds. The Morgan fingerprint density at radius 1 is 1.21 bits per heavy atom. The first-order valence-electron chi connectivity index (χ1n) is 8.02. The number of furan rings is 1. The van der Waals surface area contributed by atoms with Crippen LogP contribution < -0.4 is 0 Å². The summed E-state index contributed by atoms with van der Waals surface area (Å²) >= 11 is 0. The van der Waals surface area contributed by atoms with Crippen LogP contribution in [-0.4, -0.2) is 34.0 Å². The zero-order valence-electron chi connectivity index (χ0n) is 13.1. The van der Waals surface area contributed by atoms with E-state index >= 15 is 0 Å². The Bertz CT molecular complexity index is 859. The molecule has 0 bridgehead atoms. The molecule has 3 heterocycles. The third-order valence-corrected chi connectivity index (χ3v) is 4.77. The minimum Gasteiger partial charge on any atom is -0.481 e. The Balaban J connectivity index is 1.55. The van der Waals surface area contributed by atoms with Crippen molar-refractivity contribution in [1.82, 2.24) is 9.88 Å². The van der Waals surface area contributed by atoms with Crippen molar-refractivity contribution in [2.75, 3.05) is 13.1 Å². The molecule has 1 N–H and O–H groups in total. The molecule has 1 aliphatic heterocycles. The summed E-state index contributed by atoms with van der Waals surface area (Å²) in [7, 11) is 0. The van der Waals surface area contributed by atoms with Gasteiger partial charge in [0.15, 0.2) is 0 Å². The molecule has 4 rings (SSSR count). The van der Waals surface area contributed by atoms with Gasteiger partial charge in [-0.15, -0.1) is 0 Å². The van der Waals surface area contributed by atoms with E-state index in [1.54, 1.807) is 18.7 Å². The lowest BCUT2D eigenvalue weighted by atomic mass is 9.90. The highest BCUT2D eigenvalue weighted by Gasteiger charge is 2.38. The first-order valence-corrected chi connectivity index (χ1v) is 8.02. The summed E-state index contributed by atoms with van der Waals surface area (Å²) < 4.78 is 5.37. The number of nitrogens with zero attached hydrogens (tertiary/aromatic N) is 2. The largest absolute Gasteiger partial charge is 0.481 e. The molecular weight excluding hydrogens is 304 g/mol. The van der Waals surface area contributed by atoms with Gasteiger partial charge in [-0.1, -0.05) is 6.07 Å². The van der Waals surface area contributed by atoms with Crippen LogP contribution in [0.3, 0.4) is 0 Å². The zero-order valence-corrected chi connectivity index (χ0v) is 13.1. The van der Waals surface area contributed by atoms with E-state index in [9.17, 15) is 9.90 Å². The molecule has 122 valence electrons. The topological polar surface area (TPSA) is 66.6 Å². The minimum absolute atomic E-state index is 0.00292. The van der Waals surface area contributed by atoms with Gasteiger partial charge in [0.05, 0.1) is 12.2 Å². The number of hydrogen-bond donors (Lipinski definition) is 1. The van der Waals surface area contributed by atoms with E-state index in [1.807, 2.05) is 30.3 Å². The monoisotopic (exact) mass is 322 g/mol. The number of aromatic nitrogens is 1. The molecule has 0 aliphatic carbocycles. The third-order valence-electron chi connectivity index (χ3n) is 4.77. The highest BCUT2D eigenvalue weighted by molar-refractivity contribution is 5.77. The summed E-state index contributed by atoms with van der Waals surface area (Å²) in [6.45, 7) is 2.04. The van der Waals surface area contributed by atoms with Crippen molar-refractivity contribution < 1.29 is 14.3 Å². The highest BCUT2D eigenvalue weighted by atomic mass is 16.4. The van der Waals surface area contributed by atoms with Crippen molar-refractivity contribution in [3.63, 3.8) is 0 Å². The molecular formula is C19H18N2O3. The molecule has 1 fully saturated rings. The lowest BCUT2D eigenvalue weighted by Crippen LogP contribution is -2.23. The summed E-state index contributed by atoms with van der Waals surface area (Å²) in [4.78, 5) is 17.9. The van der Waals surface area contributed by atoms with Crippen LogP contribution in [0.15, 0.2) is 59.5 Å². The van der Waals surface area contributed by atoms with E-state index in [2.05, 4.69) is 16.0 Å². The molecule has 1 aromatic carbocycles. The van der Waals surface area contributed by atoms with Crippen LogP contribution >= 0.6 is 0 Å². The van der Waals surface area contributed by atoms with Gasteiger partial charge in [-0.3, -0.25) is 14.7 Å². The molecule has 24 heavy (non-hydrogen) atoms. The number of carbonyl (C=O) groups is 1.